The lowest BCUT2D eigenvalue weighted by molar-refractivity contribution is 0.303. The van der Waals surface area contributed by atoms with E-state index in [1.807, 2.05) is 12.1 Å². The maximum atomic E-state index is 6.37. The lowest BCUT2D eigenvalue weighted by atomic mass is 9.82. The first-order chi connectivity index (χ1) is 10.2. The number of nitrogens with one attached hydrogen (secondary N) is 1. The van der Waals surface area contributed by atoms with Crippen molar-refractivity contribution in [2.75, 3.05) is 19.5 Å². The first-order valence-electron chi connectivity index (χ1n) is 7.89. The van der Waals surface area contributed by atoms with Gasteiger partial charge >= 0.3 is 0 Å². The highest BCUT2D eigenvalue weighted by molar-refractivity contribution is 6.33. The maximum Gasteiger partial charge on any atom is 0.162 e. The minimum Gasteiger partial charge on any atom is -0.493 e. The average molecular weight is 310 g/mol. The molecule has 1 aromatic rings. The topological polar surface area (TPSA) is 30.5 Å². The van der Waals surface area contributed by atoms with Crippen LogP contribution in [-0.4, -0.2) is 20.3 Å². The molecule has 2 aliphatic rings. The van der Waals surface area contributed by atoms with E-state index in [2.05, 4.69) is 5.32 Å². The van der Waals surface area contributed by atoms with Crippen molar-refractivity contribution in [1.29, 1.82) is 0 Å². The van der Waals surface area contributed by atoms with Crippen LogP contribution in [0.4, 0.5) is 5.69 Å². The molecule has 3 rings (SSSR count). The molecule has 21 heavy (non-hydrogen) atoms. The van der Waals surface area contributed by atoms with Crippen molar-refractivity contribution in [3.63, 3.8) is 0 Å². The predicted molar refractivity (Wildman–Crippen MR) is 86.6 cm³/mol. The number of hydrogen-bond acceptors (Lipinski definition) is 3. The summed E-state index contributed by atoms with van der Waals surface area (Å²) in [7, 11) is 3.28. The van der Waals surface area contributed by atoms with Crippen LogP contribution in [0.15, 0.2) is 12.1 Å². The van der Waals surface area contributed by atoms with Crippen LogP contribution < -0.4 is 14.8 Å². The second-order valence-electron chi connectivity index (χ2n) is 6.29. The maximum absolute atomic E-state index is 6.37. The van der Waals surface area contributed by atoms with Crippen LogP contribution in [0.5, 0.6) is 11.5 Å². The molecule has 0 aliphatic heterocycles. The number of methoxy groups -OCH3 is 2. The second-order valence-corrected chi connectivity index (χ2v) is 6.70. The Morgan fingerprint density at radius 2 is 1.71 bits per heavy atom. The predicted octanol–water partition coefficient (Wildman–Crippen LogP) is 4.74. The molecule has 0 heterocycles. The molecular weight excluding hydrogens is 286 g/mol. The molecular formula is C17H24ClNO2. The summed E-state index contributed by atoms with van der Waals surface area (Å²) in [5.74, 6) is 3.30. The summed E-state index contributed by atoms with van der Waals surface area (Å²) in [6, 6.07) is 4.30. The van der Waals surface area contributed by atoms with Crippen LogP contribution in [0.25, 0.3) is 0 Å². The van der Waals surface area contributed by atoms with Crippen LogP contribution in [-0.2, 0) is 0 Å². The number of rotatable bonds is 5. The van der Waals surface area contributed by atoms with E-state index in [1.165, 1.54) is 38.5 Å². The molecule has 0 aromatic heterocycles. The van der Waals surface area contributed by atoms with Crippen LogP contribution >= 0.6 is 11.6 Å². The molecule has 0 spiro atoms. The van der Waals surface area contributed by atoms with Crippen LogP contribution in [0, 0.1) is 11.8 Å². The molecule has 1 aromatic carbocycles. The Balaban J connectivity index is 1.71. The monoisotopic (exact) mass is 309 g/mol. The molecule has 2 fully saturated rings. The normalized spacial score (nSPS) is 25.5. The van der Waals surface area contributed by atoms with E-state index in [0.717, 1.165) is 23.3 Å². The molecule has 2 saturated carbocycles. The van der Waals surface area contributed by atoms with Gasteiger partial charge in [0.2, 0.25) is 0 Å². The number of benzene rings is 1. The standard InChI is InChI=1S/C17H24ClNO2/c1-20-16-9-14(18)15(10-17(16)21-2)19-13-5-3-4-12(8-13)11-6-7-11/h9-13,19H,3-8H2,1-2H3. The Hall–Kier alpha value is -1.09. The third kappa shape index (κ3) is 3.39. The lowest BCUT2D eigenvalue weighted by Crippen LogP contribution is -2.28. The van der Waals surface area contributed by atoms with Crippen molar-refractivity contribution < 1.29 is 9.47 Å². The Bertz CT molecular complexity index is 502. The van der Waals surface area contributed by atoms with Gasteiger partial charge in [0.1, 0.15) is 0 Å². The fraction of sp³-hybridized carbons (Fsp3) is 0.647. The number of hydrogen-bond donors (Lipinski definition) is 1. The lowest BCUT2D eigenvalue weighted by Gasteiger charge is -2.31. The van der Waals surface area contributed by atoms with Crippen molar-refractivity contribution in [3.05, 3.63) is 17.2 Å². The van der Waals surface area contributed by atoms with Gasteiger partial charge in [-0.3, -0.25) is 0 Å². The molecule has 2 aliphatic carbocycles. The third-order valence-corrected chi connectivity index (χ3v) is 5.15. The van der Waals surface area contributed by atoms with Gasteiger partial charge in [0.05, 0.1) is 24.9 Å². The van der Waals surface area contributed by atoms with Gasteiger partial charge in [-0.25, -0.2) is 0 Å². The average Bonchev–Trinajstić information content (AvgIpc) is 3.34. The zero-order valence-corrected chi connectivity index (χ0v) is 13.6. The number of ether oxygens (including phenoxy) is 2. The van der Waals surface area contributed by atoms with Gasteiger partial charge in [-0.05, 0) is 37.5 Å². The number of halogens is 1. The summed E-state index contributed by atoms with van der Waals surface area (Å²) in [4.78, 5) is 0. The summed E-state index contributed by atoms with van der Waals surface area (Å²) in [6.07, 6.45) is 8.11. The van der Waals surface area contributed by atoms with Gasteiger partial charge in [0.25, 0.3) is 0 Å². The molecule has 0 bridgehead atoms. The summed E-state index contributed by atoms with van der Waals surface area (Å²) in [5, 5.41) is 4.32. The van der Waals surface area contributed by atoms with E-state index < -0.39 is 0 Å². The molecule has 0 amide bonds. The zero-order chi connectivity index (χ0) is 14.8. The van der Waals surface area contributed by atoms with E-state index in [-0.39, 0.29) is 0 Å². The Labute approximate surface area is 132 Å². The van der Waals surface area contributed by atoms with Gasteiger partial charge in [0, 0.05) is 18.2 Å². The van der Waals surface area contributed by atoms with Crippen molar-refractivity contribution in [2.45, 2.75) is 44.6 Å². The van der Waals surface area contributed by atoms with Crippen molar-refractivity contribution in [1.82, 2.24) is 0 Å². The Morgan fingerprint density at radius 3 is 2.38 bits per heavy atom. The van der Waals surface area contributed by atoms with E-state index in [4.69, 9.17) is 21.1 Å². The van der Waals surface area contributed by atoms with Crippen molar-refractivity contribution in [2.24, 2.45) is 11.8 Å². The van der Waals surface area contributed by atoms with E-state index in [9.17, 15) is 0 Å². The molecule has 116 valence electrons. The fourth-order valence-electron chi connectivity index (χ4n) is 3.54. The van der Waals surface area contributed by atoms with Crippen LogP contribution in [0.3, 0.4) is 0 Å². The smallest absolute Gasteiger partial charge is 0.162 e. The van der Waals surface area contributed by atoms with Crippen LogP contribution in [0.1, 0.15) is 38.5 Å². The zero-order valence-electron chi connectivity index (χ0n) is 12.8. The SMILES string of the molecule is COc1cc(Cl)c(NC2CCCC(C3CC3)C2)cc1OC. The quantitative estimate of drug-likeness (QED) is 0.852. The summed E-state index contributed by atoms with van der Waals surface area (Å²) in [6.45, 7) is 0. The van der Waals surface area contributed by atoms with Gasteiger partial charge < -0.3 is 14.8 Å². The molecule has 0 saturated heterocycles. The first kappa shape index (κ1) is 14.8. The first-order valence-corrected chi connectivity index (χ1v) is 8.27. The Kier molecular flexibility index (Phi) is 4.48. The molecule has 2 atom stereocenters. The van der Waals surface area contributed by atoms with E-state index in [0.29, 0.717) is 16.8 Å². The van der Waals surface area contributed by atoms with E-state index in [1.54, 1.807) is 14.2 Å². The summed E-state index contributed by atoms with van der Waals surface area (Å²) >= 11 is 6.37. The minimum atomic E-state index is 0.528. The molecule has 4 heteroatoms. The van der Waals surface area contributed by atoms with Crippen LogP contribution in [0.2, 0.25) is 5.02 Å². The van der Waals surface area contributed by atoms with Gasteiger partial charge in [-0.2, -0.15) is 0 Å². The molecule has 0 radical (unpaired) electrons. The molecule has 3 nitrogen and oxygen atoms in total. The van der Waals surface area contributed by atoms with Crippen molar-refractivity contribution >= 4 is 17.3 Å². The highest BCUT2D eigenvalue weighted by Gasteiger charge is 2.34. The highest BCUT2D eigenvalue weighted by atomic mass is 35.5. The number of anilines is 1. The fourth-order valence-corrected chi connectivity index (χ4v) is 3.75. The Morgan fingerprint density at radius 1 is 1.00 bits per heavy atom. The molecule has 1 N–H and O–H groups in total. The second kappa shape index (κ2) is 6.35. The largest absolute Gasteiger partial charge is 0.493 e. The minimum absolute atomic E-state index is 0.528. The summed E-state index contributed by atoms with van der Waals surface area (Å²) in [5.41, 5.74) is 0.954. The molecule has 2 unspecified atom stereocenters. The highest BCUT2D eigenvalue weighted by Crippen LogP contribution is 2.45. The van der Waals surface area contributed by atoms with Crippen molar-refractivity contribution in [3.8, 4) is 11.5 Å². The van der Waals surface area contributed by atoms with Gasteiger partial charge in [0.15, 0.2) is 11.5 Å². The summed E-state index contributed by atoms with van der Waals surface area (Å²) < 4.78 is 10.6. The van der Waals surface area contributed by atoms with Gasteiger partial charge in [-0.15, -0.1) is 0 Å². The van der Waals surface area contributed by atoms with Gasteiger partial charge in [-0.1, -0.05) is 24.4 Å². The van der Waals surface area contributed by atoms with E-state index >= 15 is 0 Å². The third-order valence-electron chi connectivity index (χ3n) is 4.84.